The number of hydrogen-bond acceptors (Lipinski definition) is 5. The van der Waals surface area contributed by atoms with Crippen LogP contribution >= 0.6 is 11.3 Å². The van der Waals surface area contributed by atoms with Crippen molar-refractivity contribution in [2.75, 3.05) is 7.11 Å². The van der Waals surface area contributed by atoms with Crippen molar-refractivity contribution in [3.05, 3.63) is 47.3 Å². The van der Waals surface area contributed by atoms with Crippen molar-refractivity contribution >= 4 is 27.3 Å². The Hall–Kier alpha value is -1.90. The van der Waals surface area contributed by atoms with E-state index in [1.54, 1.807) is 38.5 Å². The minimum atomic E-state index is -3.72. The Morgan fingerprint density at radius 3 is 2.52 bits per heavy atom. The summed E-state index contributed by atoms with van der Waals surface area (Å²) in [6.07, 6.45) is 0. The minimum Gasteiger partial charge on any atom is -0.496 e. The second kappa shape index (κ2) is 8.46. The topological polar surface area (TPSA) is 84.5 Å². The zero-order valence-electron chi connectivity index (χ0n) is 14.4. The molecule has 0 saturated carbocycles. The predicted molar refractivity (Wildman–Crippen MR) is 98.1 cm³/mol. The van der Waals surface area contributed by atoms with E-state index in [-0.39, 0.29) is 22.6 Å². The molecule has 0 aliphatic carbocycles. The summed E-state index contributed by atoms with van der Waals surface area (Å²) >= 11 is 1.11. The van der Waals surface area contributed by atoms with Gasteiger partial charge in [0, 0.05) is 12.1 Å². The second-order valence-corrected chi connectivity index (χ2v) is 8.69. The summed E-state index contributed by atoms with van der Waals surface area (Å²) in [6, 6.07) is 9.66. The van der Waals surface area contributed by atoms with Crippen molar-refractivity contribution in [3.63, 3.8) is 0 Å². The van der Waals surface area contributed by atoms with Crippen LogP contribution in [0.25, 0.3) is 0 Å². The molecule has 1 heterocycles. The van der Waals surface area contributed by atoms with Crippen LogP contribution in [-0.2, 0) is 21.4 Å². The Kier molecular flexibility index (Phi) is 6.57. The van der Waals surface area contributed by atoms with Crippen LogP contribution in [0.15, 0.2) is 46.0 Å². The number of ether oxygens (including phenoxy) is 1. The van der Waals surface area contributed by atoms with E-state index >= 15 is 0 Å². The molecule has 2 aromatic rings. The van der Waals surface area contributed by atoms with Gasteiger partial charge in [-0.25, -0.2) is 8.42 Å². The van der Waals surface area contributed by atoms with E-state index in [0.717, 1.165) is 16.9 Å². The fraction of sp³-hybridized carbons (Fsp3) is 0.353. The average Bonchev–Trinajstić information content (AvgIpc) is 3.13. The third-order valence-corrected chi connectivity index (χ3v) is 6.48. The zero-order valence-corrected chi connectivity index (χ0v) is 16.0. The van der Waals surface area contributed by atoms with Crippen molar-refractivity contribution in [2.24, 2.45) is 5.92 Å². The summed E-state index contributed by atoms with van der Waals surface area (Å²) < 4.78 is 32.7. The van der Waals surface area contributed by atoms with Crippen LogP contribution in [0.1, 0.15) is 19.4 Å². The Morgan fingerprint density at radius 2 is 1.92 bits per heavy atom. The average molecular weight is 383 g/mol. The molecule has 0 unspecified atom stereocenters. The number of nitrogens with one attached hydrogen (secondary N) is 2. The lowest BCUT2D eigenvalue weighted by Gasteiger charge is -2.21. The number of methoxy groups -OCH3 is 1. The maximum absolute atomic E-state index is 12.5. The Bertz CT molecular complexity index is 802. The van der Waals surface area contributed by atoms with E-state index < -0.39 is 16.1 Å². The maximum atomic E-state index is 12.5. The van der Waals surface area contributed by atoms with Gasteiger partial charge >= 0.3 is 0 Å². The number of carbonyl (C=O) groups is 1. The number of thiophene rings is 1. The van der Waals surface area contributed by atoms with Gasteiger partial charge < -0.3 is 10.1 Å². The molecule has 0 bridgehead atoms. The van der Waals surface area contributed by atoms with Crippen LogP contribution in [0.5, 0.6) is 5.75 Å². The highest BCUT2D eigenvalue weighted by atomic mass is 32.2. The van der Waals surface area contributed by atoms with Gasteiger partial charge in [-0.15, -0.1) is 11.3 Å². The molecule has 0 saturated heterocycles. The lowest BCUT2D eigenvalue weighted by molar-refractivity contribution is -0.123. The molecule has 2 N–H and O–H groups in total. The number of para-hydroxylation sites is 1. The van der Waals surface area contributed by atoms with Crippen molar-refractivity contribution in [2.45, 2.75) is 30.6 Å². The van der Waals surface area contributed by atoms with Gasteiger partial charge in [0.05, 0.1) is 7.11 Å². The third-order valence-electron chi connectivity index (χ3n) is 3.64. The molecule has 0 aliphatic heterocycles. The standard InChI is InChI=1S/C17H22N2O4S2/c1-12(2)16(19-25(21,22)15-9-6-10-24-15)17(20)18-11-13-7-4-5-8-14(13)23-3/h4-10,12,16,19H,11H2,1-3H3,(H,18,20)/t16-/m0/s1. The highest BCUT2D eigenvalue weighted by molar-refractivity contribution is 7.91. The molecule has 0 fully saturated rings. The van der Waals surface area contributed by atoms with Gasteiger partial charge in [0.2, 0.25) is 5.91 Å². The minimum absolute atomic E-state index is 0.190. The van der Waals surface area contributed by atoms with E-state index in [9.17, 15) is 13.2 Å². The highest BCUT2D eigenvalue weighted by Gasteiger charge is 2.28. The summed E-state index contributed by atoms with van der Waals surface area (Å²) in [7, 11) is -2.16. The van der Waals surface area contributed by atoms with Crippen molar-refractivity contribution in [1.82, 2.24) is 10.0 Å². The highest BCUT2D eigenvalue weighted by Crippen LogP contribution is 2.19. The Morgan fingerprint density at radius 1 is 1.20 bits per heavy atom. The Balaban J connectivity index is 2.08. The van der Waals surface area contributed by atoms with Gasteiger partial charge in [-0.2, -0.15) is 4.72 Å². The number of rotatable bonds is 8. The van der Waals surface area contributed by atoms with E-state index in [2.05, 4.69) is 10.0 Å². The number of benzene rings is 1. The van der Waals surface area contributed by atoms with Gasteiger partial charge in [0.25, 0.3) is 10.0 Å². The fourth-order valence-corrected chi connectivity index (χ4v) is 4.63. The van der Waals surface area contributed by atoms with Crippen molar-refractivity contribution < 1.29 is 17.9 Å². The van der Waals surface area contributed by atoms with E-state index in [1.807, 2.05) is 18.2 Å². The number of amides is 1. The van der Waals surface area contributed by atoms with E-state index in [0.29, 0.717) is 5.75 Å². The van der Waals surface area contributed by atoms with E-state index in [4.69, 9.17) is 4.74 Å². The monoisotopic (exact) mass is 382 g/mol. The number of hydrogen-bond donors (Lipinski definition) is 2. The van der Waals surface area contributed by atoms with Gasteiger partial charge in [0.15, 0.2) is 0 Å². The molecule has 0 aliphatic rings. The molecule has 0 spiro atoms. The van der Waals surface area contributed by atoms with Crippen LogP contribution in [-0.4, -0.2) is 27.5 Å². The van der Waals surface area contributed by atoms with Crippen LogP contribution in [0.3, 0.4) is 0 Å². The smallest absolute Gasteiger partial charge is 0.250 e. The molecule has 1 aromatic carbocycles. The number of sulfonamides is 1. The molecule has 6 nitrogen and oxygen atoms in total. The first-order valence-corrected chi connectivity index (χ1v) is 10.2. The molecular formula is C17H22N2O4S2. The predicted octanol–water partition coefficient (Wildman–Crippen LogP) is 2.38. The summed E-state index contributed by atoms with van der Waals surface area (Å²) in [6.45, 7) is 3.85. The van der Waals surface area contributed by atoms with Crippen LogP contribution in [0, 0.1) is 5.92 Å². The van der Waals surface area contributed by atoms with Crippen molar-refractivity contribution in [3.8, 4) is 5.75 Å². The fourth-order valence-electron chi connectivity index (χ4n) is 2.28. The van der Waals surface area contributed by atoms with Gasteiger partial charge in [-0.05, 0) is 23.4 Å². The SMILES string of the molecule is COc1ccccc1CNC(=O)[C@@H](NS(=O)(=O)c1cccs1)C(C)C. The first-order chi connectivity index (χ1) is 11.8. The van der Waals surface area contributed by atoms with Crippen LogP contribution in [0.2, 0.25) is 0 Å². The molecule has 8 heteroatoms. The molecule has 1 amide bonds. The molecule has 1 atom stereocenters. The molecule has 136 valence electrons. The lowest BCUT2D eigenvalue weighted by atomic mass is 10.0. The summed E-state index contributed by atoms with van der Waals surface area (Å²) in [5.41, 5.74) is 0.821. The first-order valence-electron chi connectivity index (χ1n) is 7.80. The molecular weight excluding hydrogens is 360 g/mol. The summed E-state index contributed by atoms with van der Waals surface area (Å²) in [5.74, 6) is 0.0940. The van der Waals surface area contributed by atoms with Crippen LogP contribution in [0.4, 0.5) is 0 Å². The van der Waals surface area contributed by atoms with Gasteiger partial charge in [-0.3, -0.25) is 4.79 Å². The lowest BCUT2D eigenvalue weighted by Crippen LogP contribution is -2.49. The van der Waals surface area contributed by atoms with Crippen molar-refractivity contribution in [1.29, 1.82) is 0 Å². The van der Waals surface area contributed by atoms with E-state index in [1.165, 1.54) is 6.07 Å². The first kappa shape index (κ1) is 19.4. The van der Waals surface area contributed by atoms with Gasteiger partial charge in [0.1, 0.15) is 16.0 Å². The molecule has 25 heavy (non-hydrogen) atoms. The van der Waals surface area contributed by atoms with Gasteiger partial charge in [-0.1, -0.05) is 38.1 Å². The maximum Gasteiger partial charge on any atom is 0.250 e. The second-order valence-electron chi connectivity index (χ2n) is 5.80. The zero-order chi connectivity index (χ0) is 18.4. The molecule has 2 rings (SSSR count). The summed E-state index contributed by atoms with van der Waals surface area (Å²) in [4.78, 5) is 12.5. The summed E-state index contributed by atoms with van der Waals surface area (Å²) in [5, 5.41) is 4.46. The molecule has 0 radical (unpaired) electrons. The molecule has 1 aromatic heterocycles. The quantitative estimate of drug-likeness (QED) is 0.734. The largest absolute Gasteiger partial charge is 0.496 e. The number of carbonyl (C=O) groups excluding carboxylic acids is 1. The third kappa shape index (κ3) is 5.04. The van der Waals surface area contributed by atoms with Crippen LogP contribution < -0.4 is 14.8 Å². The Labute approximate surface area is 152 Å². The normalized spacial score (nSPS) is 12.8.